The number of allylic oxidation sites excluding steroid dienone is 5. The standard InChI is InChI=1S/C38H68O3SSi2/c1-16-31-21-22-32-29(18-17-23-37(31,32)11)19-20-30-24-38(42-26-33(39)27(2)3,41-44(14,15)36(8,9)10)25-34(28(30)4)40-43(12,13)35(5,6)7/h19-21,27,32-34,39H,4,16-18,22-26H2,1-3,5-15H3/t32-,33+,34+,37-,38+/m1/s1. The Morgan fingerprint density at radius 3 is 2.23 bits per heavy atom. The Morgan fingerprint density at radius 1 is 1.07 bits per heavy atom. The van der Waals surface area contributed by atoms with Crippen molar-refractivity contribution in [3.63, 3.8) is 0 Å². The summed E-state index contributed by atoms with van der Waals surface area (Å²) in [5.74, 6) is 1.48. The van der Waals surface area contributed by atoms with E-state index in [0.29, 0.717) is 17.1 Å². The number of hydrogen-bond donors (Lipinski definition) is 1. The van der Waals surface area contributed by atoms with Gasteiger partial charge in [-0.2, -0.15) is 0 Å². The molecule has 0 amide bonds. The summed E-state index contributed by atoms with van der Waals surface area (Å²) in [6.07, 6.45) is 14.6. The lowest BCUT2D eigenvalue weighted by Crippen LogP contribution is -2.54. The van der Waals surface area contributed by atoms with Gasteiger partial charge in [-0.3, -0.25) is 0 Å². The molecule has 3 aliphatic rings. The van der Waals surface area contributed by atoms with E-state index in [1.54, 1.807) is 11.1 Å². The number of rotatable bonds is 10. The predicted octanol–water partition coefficient (Wildman–Crippen LogP) is 11.6. The van der Waals surface area contributed by atoms with Gasteiger partial charge in [0.05, 0.1) is 12.2 Å². The maximum absolute atomic E-state index is 11.0. The molecule has 6 heteroatoms. The molecule has 2 saturated carbocycles. The molecule has 0 heterocycles. The molecule has 1 N–H and O–H groups in total. The first-order valence-corrected chi connectivity index (χ1v) is 24.3. The van der Waals surface area contributed by atoms with Crippen LogP contribution in [0.1, 0.15) is 114 Å². The predicted molar refractivity (Wildman–Crippen MR) is 199 cm³/mol. The van der Waals surface area contributed by atoms with Gasteiger partial charge in [-0.15, -0.1) is 11.8 Å². The molecule has 0 aromatic rings. The van der Waals surface area contributed by atoms with Crippen LogP contribution in [-0.2, 0) is 8.85 Å². The van der Waals surface area contributed by atoms with Gasteiger partial charge in [0.1, 0.15) is 4.93 Å². The Labute approximate surface area is 279 Å². The van der Waals surface area contributed by atoms with Crippen molar-refractivity contribution in [3.8, 4) is 0 Å². The van der Waals surface area contributed by atoms with Crippen LogP contribution in [0.2, 0.25) is 36.3 Å². The van der Waals surface area contributed by atoms with Crippen LogP contribution in [0.15, 0.2) is 47.1 Å². The quantitative estimate of drug-likeness (QED) is 0.144. The van der Waals surface area contributed by atoms with Crippen molar-refractivity contribution in [3.05, 3.63) is 47.1 Å². The molecule has 44 heavy (non-hydrogen) atoms. The fourth-order valence-corrected chi connectivity index (χ4v) is 11.8. The van der Waals surface area contributed by atoms with Gasteiger partial charge in [0.25, 0.3) is 0 Å². The monoisotopic (exact) mass is 660 g/mol. The van der Waals surface area contributed by atoms with Crippen LogP contribution in [0.3, 0.4) is 0 Å². The lowest BCUT2D eigenvalue weighted by atomic mass is 9.64. The minimum absolute atomic E-state index is 0.0757. The third-order valence-corrected chi connectivity index (χ3v) is 22.7. The SMILES string of the molecule is C=C1C(=CC=C2CCC[C@]3(C)C(CC)=CC[C@H]23)C[C@](O[Si](C)(C)C(C)(C)C)(SC[C@H](O)C(C)C)C[C@@H]1O[Si](C)(C)C(C)(C)C. The van der Waals surface area contributed by atoms with Crippen molar-refractivity contribution in [1.29, 1.82) is 0 Å². The summed E-state index contributed by atoms with van der Waals surface area (Å²) in [4.78, 5) is -0.469. The fourth-order valence-electron chi connectivity index (χ4n) is 6.83. The van der Waals surface area contributed by atoms with Crippen molar-refractivity contribution < 1.29 is 14.0 Å². The summed E-state index contributed by atoms with van der Waals surface area (Å²) in [7, 11) is -4.25. The van der Waals surface area contributed by atoms with Gasteiger partial charge in [0, 0.05) is 18.6 Å². The van der Waals surface area contributed by atoms with Gasteiger partial charge in [-0.1, -0.05) is 105 Å². The van der Waals surface area contributed by atoms with Crippen LogP contribution in [0.5, 0.6) is 0 Å². The number of thioether (sulfide) groups is 1. The van der Waals surface area contributed by atoms with E-state index in [1.807, 2.05) is 11.8 Å². The van der Waals surface area contributed by atoms with E-state index in [2.05, 4.69) is 114 Å². The summed E-state index contributed by atoms with van der Waals surface area (Å²) in [5, 5.41) is 11.2. The van der Waals surface area contributed by atoms with Gasteiger partial charge < -0.3 is 14.0 Å². The lowest BCUT2D eigenvalue weighted by Gasteiger charge is -2.51. The average Bonchev–Trinajstić information content (AvgIpc) is 3.23. The Hall–Kier alpha value is -0.376. The van der Waals surface area contributed by atoms with Crippen molar-refractivity contribution in [2.24, 2.45) is 17.3 Å². The number of hydrogen-bond acceptors (Lipinski definition) is 4. The zero-order valence-electron chi connectivity index (χ0n) is 31.1. The first-order chi connectivity index (χ1) is 20.0. The molecule has 0 aromatic heterocycles. The summed E-state index contributed by atoms with van der Waals surface area (Å²) in [6.45, 7) is 37.2. The third kappa shape index (κ3) is 8.18. The Bertz CT molecular complexity index is 1140. The van der Waals surface area contributed by atoms with E-state index >= 15 is 0 Å². The van der Waals surface area contributed by atoms with Crippen LogP contribution < -0.4 is 0 Å². The fraction of sp³-hybridized carbons (Fsp3) is 0.789. The molecule has 252 valence electrons. The highest BCUT2D eigenvalue weighted by molar-refractivity contribution is 8.00. The molecular weight excluding hydrogens is 593 g/mol. The first-order valence-electron chi connectivity index (χ1n) is 17.5. The molecule has 2 fully saturated rings. The highest BCUT2D eigenvalue weighted by atomic mass is 32.2. The van der Waals surface area contributed by atoms with E-state index in [-0.39, 0.29) is 28.2 Å². The lowest BCUT2D eigenvalue weighted by molar-refractivity contribution is 0.0711. The molecule has 0 bridgehead atoms. The third-order valence-electron chi connectivity index (χ3n) is 12.1. The highest BCUT2D eigenvalue weighted by Crippen LogP contribution is 2.56. The average molecular weight is 661 g/mol. The van der Waals surface area contributed by atoms with Crippen LogP contribution >= 0.6 is 11.8 Å². The zero-order valence-corrected chi connectivity index (χ0v) is 33.9. The molecule has 0 saturated heterocycles. The summed E-state index contributed by atoms with van der Waals surface area (Å²) < 4.78 is 14.7. The van der Waals surface area contributed by atoms with Gasteiger partial charge in [0.2, 0.25) is 0 Å². The minimum atomic E-state index is -2.16. The van der Waals surface area contributed by atoms with Crippen molar-refractivity contribution in [2.75, 3.05) is 5.75 Å². The second-order valence-corrected chi connectivity index (χ2v) is 28.6. The van der Waals surface area contributed by atoms with Crippen molar-refractivity contribution in [2.45, 2.75) is 168 Å². The molecule has 0 radical (unpaired) electrons. The Morgan fingerprint density at radius 2 is 1.68 bits per heavy atom. The van der Waals surface area contributed by atoms with Crippen molar-refractivity contribution >= 4 is 28.4 Å². The van der Waals surface area contributed by atoms with Gasteiger partial charge >= 0.3 is 0 Å². The van der Waals surface area contributed by atoms with Crippen LogP contribution in [-0.4, -0.2) is 44.6 Å². The maximum Gasteiger partial charge on any atom is 0.193 e. The summed E-state index contributed by atoms with van der Waals surface area (Å²) in [6, 6.07) is 0. The zero-order chi connectivity index (χ0) is 33.5. The van der Waals surface area contributed by atoms with E-state index in [4.69, 9.17) is 15.4 Å². The molecule has 0 aliphatic heterocycles. The van der Waals surface area contributed by atoms with Crippen LogP contribution in [0.4, 0.5) is 0 Å². The molecule has 0 unspecified atom stereocenters. The second-order valence-electron chi connectivity index (χ2n) is 17.7. The van der Waals surface area contributed by atoms with Gasteiger partial charge in [0.15, 0.2) is 16.6 Å². The smallest absolute Gasteiger partial charge is 0.193 e. The van der Waals surface area contributed by atoms with Gasteiger partial charge in [-0.25, -0.2) is 0 Å². The van der Waals surface area contributed by atoms with E-state index < -0.39 is 21.6 Å². The first kappa shape index (κ1) is 38.1. The second kappa shape index (κ2) is 13.6. The molecule has 0 aromatic carbocycles. The molecule has 0 spiro atoms. The van der Waals surface area contributed by atoms with Gasteiger partial charge in [-0.05, 0) is 96.8 Å². The van der Waals surface area contributed by atoms with E-state index in [1.165, 1.54) is 31.3 Å². The van der Waals surface area contributed by atoms with Crippen molar-refractivity contribution in [1.82, 2.24) is 0 Å². The molecule has 3 rings (SSSR count). The van der Waals surface area contributed by atoms with E-state index in [0.717, 1.165) is 24.8 Å². The largest absolute Gasteiger partial charge is 0.410 e. The van der Waals surface area contributed by atoms with Crippen LogP contribution in [0, 0.1) is 17.3 Å². The topological polar surface area (TPSA) is 38.7 Å². The minimum Gasteiger partial charge on any atom is -0.410 e. The molecule has 5 atom stereocenters. The maximum atomic E-state index is 11.0. The van der Waals surface area contributed by atoms with Crippen LogP contribution in [0.25, 0.3) is 0 Å². The highest BCUT2D eigenvalue weighted by Gasteiger charge is 2.51. The Kier molecular flexibility index (Phi) is 11.8. The van der Waals surface area contributed by atoms with E-state index in [9.17, 15) is 5.11 Å². The number of aliphatic hydroxyl groups excluding tert-OH is 1. The normalized spacial score (nSPS) is 31.5. The number of aliphatic hydroxyl groups is 1. The number of fused-ring (bicyclic) bond motifs is 1. The summed E-state index contributed by atoms with van der Waals surface area (Å²) in [5.41, 5.74) is 5.97. The summed E-state index contributed by atoms with van der Waals surface area (Å²) >= 11 is 1.83. The molecular formula is C38H68O3SSi2. The molecule has 3 aliphatic carbocycles. The Balaban J connectivity index is 2.11. The molecule has 3 nitrogen and oxygen atoms in total.